The molecule has 0 aromatic carbocycles. The summed E-state index contributed by atoms with van der Waals surface area (Å²) in [4.78, 5) is 38.3. The van der Waals surface area contributed by atoms with Crippen molar-refractivity contribution in [2.75, 3.05) is 13.2 Å². The third-order valence-corrected chi connectivity index (χ3v) is 14.7. The lowest BCUT2D eigenvalue weighted by Gasteiger charge is -2.18. The van der Waals surface area contributed by atoms with E-state index in [1.54, 1.807) is 0 Å². The number of carbonyl (C=O) groups excluding carboxylic acids is 3. The Morgan fingerprint density at radius 3 is 0.857 bits per heavy atom. The minimum atomic E-state index is -0.778. The molecule has 0 bridgehead atoms. The van der Waals surface area contributed by atoms with E-state index in [0.717, 1.165) is 103 Å². The first kappa shape index (κ1) is 73.8. The molecule has 1 atom stereocenters. The lowest BCUT2D eigenvalue weighted by molar-refractivity contribution is -0.167. The van der Waals surface area contributed by atoms with E-state index in [0.29, 0.717) is 19.3 Å². The quantitative estimate of drug-likeness (QED) is 0.0261. The Morgan fingerprint density at radius 2 is 0.532 bits per heavy atom. The van der Waals surface area contributed by atoms with Crippen molar-refractivity contribution in [1.29, 1.82) is 0 Å². The van der Waals surface area contributed by atoms with Crippen LogP contribution in [0.25, 0.3) is 0 Å². The molecule has 6 heteroatoms. The zero-order valence-electron chi connectivity index (χ0n) is 51.2. The van der Waals surface area contributed by atoms with Crippen LogP contribution >= 0.6 is 0 Å². The van der Waals surface area contributed by atoms with E-state index < -0.39 is 6.10 Å². The topological polar surface area (TPSA) is 78.9 Å². The highest BCUT2D eigenvalue weighted by Gasteiger charge is 2.19. The van der Waals surface area contributed by atoms with Gasteiger partial charge in [-0.3, -0.25) is 14.4 Å². The Bertz CT molecular complexity index is 1420. The molecular weight excluding hydrogens is 949 g/mol. The molecule has 0 saturated heterocycles. The first-order valence-electron chi connectivity index (χ1n) is 33.4. The second-order valence-electron chi connectivity index (χ2n) is 22.4. The summed E-state index contributed by atoms with van der Waals surface area (Å²) in [6, 6.07) is 0. The summed E-state index contributed by atoms with van der Waals surface area (Å²) in [6.45, 7) is 6.50. The third-order valence-electron chi connectivity index (χ3n) is 14.7. The van der Waals surface area contributed by atoms with E-state index in [1.807, 2.05) is 0 Å². The van der Waals surface area contributed by atoms with Crippen LogP contribution in [0.2, 0.25) is 0 Å². The molecule has 0 aliphatic carbocycles. The fraction of sp³-hybridized carbons (Fsp3) is 0.789. The number of rotatable bonds is 61. The normalized spacial score (nSPS) is 12.5. The van der Waals surface area contributed by atoms with Crippen LogP contribution in [0.4, 0.5) is 0 Å². The van der Waals surface area contributed by atoms with Crippen LogP contribution < -0.4 is 0 Å². The summed E-state index contributed by atoms with van der Waals surface area (Å²) in [7, 11) is 0. The predicted molar refractivity (Wildman–Crippen MR) is 335 cm³/mol. The number of esters is 3. The van der Waals surface area contributed by atoms with Crippen LogP contribution in [0.1, 0.15) is 342 Å². The zero-order valence-corrected chi connectivity index (χ0v) is 51.2. The summed E-state index contributed by atoms with van der Waals surface area (Å²) >= 11 is 0. The van der Waals surface area contributed by atoms with Gasteiger partial charge in [0.1, 0.15) is 13.2 Å². The molecule has 0 rings (SSSR count). The van der Waals surface area contributed by atoms with Crippen LogP contribution in [0.3, 0.4) is 0 Å². The van der Waals surface area contributed by atoms with Gasteiger partial charge in [0, 0.05) is 19.3 Å². The summed E-state index contributed by atoms with van der Waals surface area (Å²) in [5.74, 6) is -0.872. The number of unbranched alkanes of at least 4 members (excludes halogenated alkanes) is 38. The molecule has 0 spiro atoms. The van der Waals surface area contributed by atoms with Gasteiger partial charge in [-0.15, -0.1) is 0 Å². The van der Waals surface area contributed by atoms with Crippen molar-refractivity contribution in [2.24, 2.45) is 0 Å². The number of allylic oxidation sites excluding steroid dienone is 12. The van der Waals surface area contributed by atoms with E-state index in [2.05, 4.69) is 93.7 Å². The molecule has 0 heterocycles. The molecule has 6 nitrogen and oxygen atoms in total. The predicted octanol–water partition coefficient (Wildman–Crippen LogP) is 22.9. The Balaban J connectivity index is 4.20. The van der Waals surface area contributed by atoms with Gasteiger partial charge < -0.3 is 14.2 Å². The number of hydrogen-bond donors (Lipinski definition) is 0. The Kier molecular flexibility index (Phi) is 62.7. The standard InChI is InChI=1S/C71H126O6/c1-4-7-10-13-16-19-22-24-26-28-30-32-34-35-36-37-38-40-41-43-45-47-49-52-55-58-61-64-70(73)76-67-68(66-75-69(72)63-60-57-54-51-21-18-15-12-9-6-3)77-71(74)65-62-59-56-53-50-48-46-44-42-39-33-31-29-27-25-23-20-17-14-11-8-5-2/h7,10,12,15-16,19,24,26,30,32,35-36,68H,4-6,8-9,11,13-14,17-18,20-23,25,27-29,31,33-34,37-67H2,1-3H3/b10-7-,15-12-,19-16-,26-24-,32-30-,36-35-. The van der Waals surface area contributed by atoms with Gasteiger partial charge in [0.2, 0.25) is 0 Å². The van der Waals surface area contributed by atoms with Crippen LogP contribution in [0.5, 0.6) is 0 Å². The van der Waals surface area contributed by atoms with Crippen molar-refractivity contribution < 1.29 is 28.6 Å². The Labute approximate surface area is 478 Å². The molecule has 446 valence electrons. The second-order valence-corrected chi connectivity index (χ2v) is 22.4. The first-order valence-corrected chi connectivity index (χ1v) is 33.4. The van der Waals surface area contributed by atoms with Crippen molar-refractivity contribution in [3.05, 3.63) is 72.9 Å². The smallest absolute Gasteiger partial charge is 0.306 e. The molecule has 0 fully saturated rings. The van der Waals surface area contributed by atoms with E-state index in [9.17, 15) is 14.4 Å². The molecule has 0 aromatic rings. The molecule has 1 unspecified atom stereocenters. The molecule has 0 saturated carbocycles. The van der Waals surface area contributed by atoms with Crippen molar-refractivity contribution in [2.45, 2.75) is 348 Å². The number of carbonyl (C=O) groups is 3. The maximum atomic E-state index is 12.9. The first-order chi connectivity index (χ1) is 38.0. The lowest BCUT2D eigenvalue weighted by Crippen LogP contribution is -2.30. The van der Waals surface area contributed by atoms with Gasteiger partial charge >= 0.3 is 17.9 Å². The molecular formula is C71H126O6. The maximum absolute atomic E-state index is 12.9. The van der Waals surface area contributed by atoms with Crippen LogP contribution in [0.15, 0.2) is 72.9 Å². The van der Waals surface area contributed by atoms with Gasteiger partial charge in [-0.2, -0.15) is 0 Å². The van der Waals surface area contributed by atoms with E-state index >= 15 is 0 Å². The van der Waals surface area contributed by atoms with E-state index in [1.165, 1.54) is 199 Å². The van der Waals surface area contributed by atoms with Crippen LogP contribution in [0, 0.1) is 0 Å². The largest absolute Gasteiger partial charge is 0.462 e. The minimum Gasteiger partial charge on any atom is -0.462 e. The SMILES string of the molecule is CC/C=C\C/C=C\C/C=C\C/C=C\C/C=C\CCCCCCCCCCCCCC(=O)OCC(COC(=O)CCCCCCC/C=C\CCC)OC(=O)CCCCCCCCCCCCCCCCCCCCCCCC. The summed E-state index contributed by atoms with van der Waals surface area (Å²) < 4.78 is 16.9. The third kappa shape index (κ3) is 63.6. The van der Waals surface area contributed by atoms with Crippen molar-refractivity contribution in [3.8, 4) is 0 Å². The molecule has 0 amide bonds. The fourth-order valence-electron chi connectivity index (χ4n) is 9.71. The fourth-order valence-corrected chi connectivity index (χ4v) is 9.71. The Morgan fingerprint density at radius 1 is 0.273 bits per heavy atom. The van der Waals surface area contributed by atoms with E-state index in [-0.39, 0.29) is 31.1 Å². The maximum Gasteiger partial charge on any atom is 0.306 e. The van der Waals surface area contributed by atoms with Crippen molar-refractivity contribution in [3.63, 3.8) is 0 Å². The Hall–Kier alpha value is -3.15. The summed E-state index contributed by atoms with van der Waals surface area (Å²) in [5, 5.41) is 0. The monoisotopic (exact) mass is 1070 g/mol. The van der Waals surface area contributed by atoms with Crippen molar-refractivity contribution >= 4 is 17.9 Å². The number of hydrogen-bond acceptors (Lipinski definition) is 6. The van der Waals surface area contributed by atoms with Gasteiger partial charge in [-0.05, 0) is 83.5 Å². The highest BCUT2D eigenvalue weighted by molar-refractivity contribution is 5.71. The second kappa shape index (κ2) is 65.4. The zero-order chi connectivity index (χ0) is 55.7. The average molecular weight is 1080 g/mol. The lowest BCUT2D eigenvalue weighted by atomic mass is 10.0. The molecule has 77 heavy (non-hydrogen) atoms. The van der Waals surface area contributed by atoms with Crippen LogP contribution in [-0.2, 0) is 28.6 Å². The highest BCUT2D eigenvalue weighted by Crippen LogP contribution is 2.18. The van der Waals surface area contributed by atoms with Crippen LogP contribution in [-0.4, -0.2) is 37.2 Å². The van der Waals surface area contributed by atoms with Crippen molar-refractivity contribution in [1.82, 2.24) is 0 Å². The summed E-state index contributed by atoms with van der Waals surface area (Å²) in [5.41, 5.74) is 0. The molecule has 0 N–H and O–H groups in total. The molecule has 0 radical (unpaired) electrons. The molecule has 0 aliphatic rings. The summed E-state index contributed by atoms with van der Waals surface area (Å²) in [6.07, 6.45) is 85.0. The average Bonchev–Trinajstić information content (AvgIpc) is 3.43. The van der Waals surface area contributed by atoms with Gasteiger partial charge in [0.15, 0.2) is 6.10 Å². The van der Waals surface area contributed by atoms with Gasteiger partial charge in [0.05, 0.1) is 0 Å². The highest BCUT2D eigenvalue weighted by atomic mass is 16.6. The molecule has 0 aliphatic heterocycles. The van der Waals surface area contributed by atoms with E-state index in [4.69, 9.17) is 14.2 Å². The minimum absolute atomic E-state index is 0.0761. The van der Waals surface area contributed by atoms with Gasteiger partial charge in [-0.1, -0.05) is 312 Å². The van der Waals surface area contributed by atoms with Gasteiger partial charge in [-0.25, -0.2) is 0 Å². The number of ether oxygens (including phenoxy) is 3. The molecule has 0 aromatic heterocycles. The van der Waals surface area contributed by atoms with Gasteiger partial charge in [0.25, 0.3) is 0 Å².